The molecule has 1 atom stereocenters. The van der Waals surface area contributed by atoms with Crippen LogP contribution in [0.3, 0.4) is 0 Å². The SMILES string of the molecule is CCC(S)C(=O)Oc1ncccc1[N+](=O)[O-]. The largest absolute Gasteiger partial charge is 0.400 e. The Morgan fingerprint density at radius 3 is 3.00 bits per heavy atom. The van der Waals surface area contributed by atoms with Gasteiger partial charge >= 0.3 is 17.5 Å². The summed E-state index contributed by atoms with van der Waals surface area (Å²) in [6, 6.07) is 2.61. The van der Waals surface area contributed by atoms with Crippen LogP contribution in [0, 0.1) is 10.1 Å². The van der Waals surface area contributed by atoms with Gasteiger partial charge in [0, 0.05) is 12.3 Å². The zero-order valence-corrected chi connectivity index (χ0v) is 9.39. The van der Waals surface area contributed by atoms with Crippen molar-refractivity contribution >= 4 is 24.3 Å². The first-order valence-electron chi connectivity index (χ1n) is 4.55. The fraction of sp³-hybridized carbons (Fsp3) is 0.333. The zero-order valence-electron chi connectivity index (χ0n) is 8.49. The molecular formula is C9H10N2O4S. The summed E-state index contributed by atoms with van der Waals surface area (Å²) in [6.07, 6.45) is 1.79. The van der Waals surface area contributed by atoms with Gasteiger partial charge < -0.3 is 4.74 Å². The van der Waals surface area contributed by atoms with E-state index >= 15 is 0 Å². The van der Waals surface area contributed by atoms with Crippen molar-refractivity contribution < 1.29 is 14.5 Å². The Balaban J connectivity index is 2.89. The molecule has 0 aromatic carbocycles. The first kappa shape index (κ1) is 12.4. The topological polar surface area (TPSA) is 82.3 Å². The second-order valence-corrected chi connectivity index (χ2v) is 3.55. The number of thiol groups is 1. The Hall–Kier alpha value is -1.63. The molecule has 6 nitrogen and oxygen atoms in total. The maximum atomic E-state index is 11.4. The highest BCUT2D eigenvalue weighted by Crippen LogP contribution is 2.23. The molecule has 0 bridgehead atoms. The predicted molar refractivity (Wildman–Crippen MR) is 59.6 cm³/mol. The Kier molecular flexibility index (Phi) is 4.24. The maximum Gasteiger partial charge on any atom is 0.331 e. The molecular weight excluding hydrogens is 232 g/mol. The van der Waals surface area contributed by atoms with Crippen LogP contribution in [0.2, 0.25) is 0 Å². The fourth-order valence-corrected chi connectivity index (χ4v) is 0.983. The van der Waals surface area contributed by atoms with E-state index in [1.165, 1.54) is 18.3 Å². The van der Waals surface area contributed by atoms with Crippen LogP contribution in [0.5, 0.6) is 5.88 Å². The molecule has 1 unspecified atom stereocenters. The van der Waals surface area contributed by atoms with E-state index in [0.717, 1.165) is 0 Å². The minimum atomic E-state index is -0.658. The van der Waals surface area contributed by atoms with Gasteiger partial charge in [-0.2, -0.15) is 12.6 Å². The van der Waals surface area contributed by atoms with Crippen molar-refractivity contribution in [2.24, 2.45) is 0 Å². The van der Waals surface area contributed by atoms with Gasteiger partial charge in [-0.15, -0.1) is 0 Å². The number of hydrogen-bond acceptors (Lipinski definition) is 6. The summed E-state index contributed by atoms with van der Waals surface area (Å²) < 4.78 is 4.79. The summed E-state index contributed by atoms with van der Waals surface area (Å²) in [5.41, 5.74) is -0.340. The molecule has 0 radical (unpaired) electrons. The minimum Gasteiger partial charge on any atom is -0.400 e. The van der Waals surface area contributed by atoms with E-state index in [-0.39, 0.29) is 11.6 Å². The van der Waals surface area contributed by atoms with Crippen molar-refractivity contribution in [2.75, 3.05) is 0 Å². The summed E-state index contributed by atoms with van der Waals surface area (Å²) in [7, 11) is 0. The molecule has 0 fully saturated rings. The summed E-state index contributed by atoms with van der Waals surface area (Å²) in [5.74, 6) is -0.947. The smallest absolute Gasteiger partial charge is 0.331 e. The van der Waals surface area contributed by atoms with Crippen molar-refractivity contribution in [1.82, 2.24) is 4.98 Å². The summed E-state index contributed by atoms with van der Waals surface area (Å²) in [6.45, 7) is 1.76. The van der Waals surface area contributed by atoms with Gasteiger partial charge in [-0.25, -0.2) is 4.98 Å². The third-order valence-corrected chi connectivity index (χ3v) is 2.38. The molecule has 0 aliphatic rings. The molecule has 0 aliphatic heterocycles. The lowest BCUT2D eigenvalue weighted by molar-refractivity contribution is -0.386. The van der Waals surface area contributed by atoms with Crippen LogP contribution in [-0.4, -0.2) is 21.1 Å². The average Bonchev–Trinajstić information content (AvgIpc) is 2.28. The van der Waals surface area contributed by atoms with Gasteiger partial charge in [-0.3, -0.25) is 14.9 Å². The number of ether oxygens (including phenoxy) is 1. The average molecular weight is 242 g/mol. The number of aromatic nitrogens is 1. The standard InChI is InChI=1S/C9H10N2O4S/c1-2-7(16)9(12)15-8-6(11(13)14)4-3-5-10-8/h3-5,7,16H,2H2,1H3. The lowest BCUT2D eigenvalue weighted by atomic mass is 10.3. The second kappa shape index (κ2) is 5.45. The van der Waals surface area contributed by atoms with Gasteiger partial charge in [0.25, 0.3) is 0 Å². The van der Waals surface area contributed by atoms with E-state index < -0.39 is 16.1 Å². The van der Waals surface area contributed by atoms with Crippen molar-refractivity contribution in [3.05, 3.63) is 28.4 Å². The van der Waals surface area contributed by atoms with E-state index in [2.05, 4.69) is 17.6 Å². The second-order valence-electron chi connectivity index (χ2n) is 2.93. The fourth-order valence-electron chi connectivity index (χ4n) is 0.930. The molecule has 1 rings (SSSR count). The van der Waals surface area contributed by atoms with Crippen LogP contribution >= 0.6 is 12.6 Å². The van der Waals surface area contributed by atoms with Gasteiger partial charge in [-0.05, 0) is 12.5 Å². The predicted octanol–water partition coefficient (Wildman–Crippen LogP) is 1.60. The Labute approximate surface area is 97.2 Å². The highest BCUT2D eigenvalue weighted by molar-refractivity contribution is 7.81. The zero-order chi connectivity index (χ0) is 12.1. The molecule has 0 amide bonds. The third kappa shape index (κ3) is 2.93. The van der Waals surface area contributed by atoms with E-state index in [4.69, 9.17) is 4.74 Å². The monoisotopic (exact) mass is 242 g/mol. The molecule has 1 aromatic heterocycles. The first-order valence-corrected chi connectivity index (χ1v) is 5.07. The number of hydrogen-bond donors (Lipinski definition) is 1. The minimum absolute atomic E-state index is 0.301. The van der Waals surface area contributed by atoms with E-state index in [0.29, 0.717) is 6.42 Å². The molecule has 1 aromatic rings. The molecule has 0 aliphatic carbocycles. The van der Waals surface area contributed by atoms with E-state index in [1.54, 1.807) is 6.92 Å². The number of rotatable bonds is 4. The Morgan fingerprint density at radius 1 is 1.75 bits per heavy atom. The van der Waals surface area contributed by atoms with Gasteiger partial charge in [0.05, 0.1) is 10.2 Å². The number of nitrogens with zero attached hydrogens (tertiary/aromatic N) is 2. The van der Waals surface area contributed by atoms with E-state index in [1.807, 2.05) is 0 Å². The number of nitro groups is 1. The van der Waals surface area contributed by atoms with Crippen molar-refractivity contribution in [3.8, 4) is 5.88 Å². The van der Waals surface area contributed by atoms with Crippen molar-refractivity contribution in [1.29, 1.82) is 0 Å². The van der Waals surface area contributed by atoms with Crippen LogP contribution in [-0.2, 0) is 4.79 Å². The van der Waals surface area contributed by atoms with Crippen molar-refractivity contribution in [3.63, 3.8) is 0 Å². The van der Waals surface area contributed by atoms with Gasteiger partial charge in [-0.1, -0.05) is 6.92 Å². The first-order chi connectivity index (χ1) is 7.56. The van der Waals surface area contributed by atoms with Gasteiger partial charge in [0.15, 0.2) is 0 Å². The molecule has 7 heteroatoms. The quantitative estimate of drug-likeness (QED) is 0.375. The highest BCUT2D eigenvalue weighted by atomic mass is 32.1. The molecule has 16 heavy (non-hydrogen) atoms. The normalized spacial score (nSPS) is 11.9. The number of carbonyl (C=O) groups is 1. The van der Waals surface area contributed by atoms with Gasteiger partial charge in [0.1, 0.15) is 0 Å². The molecule has 0 saturated heterocycles. The number of pyridine rings is 1. The third-order valence-electron chi connectivity index (χ3n) is 1.80. The van der Waals surface area contributed by atoms with Crippen LogP contribution in [0.25, 0.3) is 0 Å². The van der Waals surface area contributed by atoms with Crippen LogP contribution in [0.15, 0.2) is 18.3 Å². The van der Waals surface area contributed by atoms with Crippen LogP contribution < -0.4 is 4.74 Å². The van der Waals surface area contributed by atoms with Crippen molar-refractivity contribution in [2.45, 2.75) is 18.6 Å². The molecule has 86 valence electrons. The molecule has 0 N–H and O–H groups in total. The molecule has 0 spiro atoms. The lowest BCUT2D eigenvalue weighted by Crippen LogP contribution is -2.21. The summed E-state index contributed by atoms with van der Waals surface area (Å²) in [5, 5.41) is 9.99. The Morgan fingerprint density at radius 2 is 2.44 bits per heavy atom. The summed E-state index contributed by atoms with van der Waals surface area (Å²) in [4.78, 5) is 24.9. The summed E-state index contributed by atoms with van der Waals surface area (Å²) >= 11 is 3.97. The maximum absolute atomic E-state index is 11.4. The van der Waals surface area contributed by atoms with Crippen LogP contribution in [0.4, 0.5) is 5.69 Å². The van der Waals surface area contributed by atoms with Crippen LogP contribution in [0.1, 0.15) is 13.3 Å². The molecule has 1 heterocycles. The number of carbonyl (C=O) groups excluding carboxylic acids is 1. The highest BCUT2D eigenvalue weighted by Gasteiger charge is 2.21. The number of esters is 1. The lowest BCUT2D eigenvalue weighted by Gasteiger charge is -2.06. The molecule has 0 saturated carbocycles. The Bertz CT molecular complexity index is 410. The van der Waals surface area contributed by atoms with Gasteiger partial charge in [0.2, 0.25) is 0 Å². The van der Waals surface area contributed by atoms with E-state index in [9.17, 15) is 14.9 Å².